The number of carbonyl (C=O) groups is 1. The first-order valence-corrected chi connectivity index (χ1v) is 28.6. The molecule has 2 rings (SSSR count). The maximum absolute atomic E-state index is 13.1. The van der Waals surface area contributed by atoms with Gasteiger partial charge in [-0.2, -0.15) is 0 Å². The lowest BCUT2D eigenvalue weighted by Gasteiger charge is -2.46. The molecule has 70 heavy (non-hydrogen) atoms. The summed E-state index contributed by atoms with van der Waals surface area (Å²) in [5, 5.41) is 86.7. The number of amides is 1. The van der Waals surface area contributed by atoms with Crippen molar-refractivity contribution in [3.05, 3.63) is 24.3 Å². The van der Waals surface area contributed by atoms with E-state index in [2.05, 4.69) is 31.3 Å². The highest BCUT2D eigenvalue weighted by atomic mass is 16.7. The van der Waals surface area contributed by atoms with Gasteiger partial charge in [0.25, 0.3) is 0 Å². The van der Waals surface area contributed by atoms with E-state index in [0.717, 1.165) is 32.1 Å². The zero-order valence-corrected chi connectivity index (χ0v) is 44.0. The Hall–Kier alpha value is -1.53. The van der Waals surface area contributed by atoms with Crippen molar-refractivity contribution >= 4 is 5.91 Å². The van der Waals surface area contributed by atoms with Gasteiger partial charge in [-0.05, 0) is 32.1 Å². The second kappa shape index (κ2) is 42.8. The van der Waals surface area contributed by atoms with E-state index >= 15 is 0 Å². The molecule has 0 aromatic heterocycles. The number of aliphatic hydroxyl groups excluding tert-OH is 8. The van der Waals surface area contributed by atoms with Gasteiger partial charge in [-0.25, -0.2) is 0 Å². The summed E-state index contributed by atoms with van der Waals surface area (Å²) >= 11 is 0. The van der Waals surface area contributed by atoms with Crippen LogP contribution in [0.1, 0.15) is 232 Å². The zero-order chi connectivity index (χ0) is 51.0. The molecule has 0 aromatic rings. The summed E-state index contributed by atoms with van der Waals surface area (Å²) in [5.74, 6) is -0.253. The fourth-order valence-electron chi connectivity index (χ4n) is 9.48. The Bertz CT molecular complexity index is 1270. The molecule has 2 saturated heterocycles. The van der Waals surface area contributed by atoms with E-state index in [9.17, 15) is 45.6 Å². The van der Waals surface area contributed by atoms with Crippen LogP contribution in [0.15, 0.2) is 24.3 Å². The largest absolute Gasteiger partial charge is 0.394 e. The molecule has 0 bridgehead atoms. The molecule has 9 N–H and O–H groups in total. The van der Waals surface area contributed by atoms with Gasteiger partial charge in [0, 0.05) is 6.42 Å². The van der Waals surface area contributed by atoms with Crippen LogP contribution in [0.3, 0.4) is 0 Å². The van der Waals surface area contributed by atoms with Gasteiger partial charge in [0.05, 0.1) is 32.0 Å². The Labute approximate surface area is 424 Å². The maximum atomic E-state index is 13.1. The Morgan fingerprint density at radius 1 is 0.500 bits per heavy atom. The van der Waals surface area contributed by atoms with Gasteiger partial charge in [0.2, 0.25) is 5.91 Å². The van der Waals surface area contributed by atoms with Crippen LogP contribution in [0.2, 0.25) is 0 Å². The Kier molecular flexibility index (Phi) is 39.5. The number of allylic oxidation sites excluding steroid dienone is 3. The molecule has 0 aromatic carbocycles. The van der Waals surface area contributed by atoms with Gasteiger partial charge in [-0.15, -0.1) is 0 Å². The minimum Gasteiger partial charge on any atom is -0.394 e. The predicted molar refractivity (Wildman–Crippen MR) is 277 cm³/mol. The van der Waals surface area contributed by atoms with Crippen molar-refractivity contribution in [2.24, 2.45) is 0 Å². The molecule has 14 nitrogen and oxygen atoms in total. The summed E-state index contributed by atoms with van der Waals surface area (Å²) in [6.45, 7) is 2.74. The van der Waals surface area contributed by atoms with Gasteiger partial charge < -0.3 is 65.1 Å². The van der Waals surface area contributed by atoms with E-state index < -0.39 is 86.8 Å². The molecule has 14 heteroatoms. The molecule has 0 radical (unpaired) electrons. The fraction of sp³-hybridized carbons (Fsp3) is 0.911. The second-order valence-electron chi connectivity index (χ2n) is 20.4. The number of hydrogen-bond acceptors (Lipinski definition) is 13. The number of nitrogens with one attached hydrogen (secondary N) is 1. The quantitative estimate of drug-likeness (QED) is 0.0205. The van der Waals surface area contributed by atoms with Crippen molar-refractivity contribution in [1.29, 1.82) is 0 Å². The van der Waals surface area contributed by atoms with Gasteiger partial charge in [0.15, 0.2) is 12.6 Å². The summed E-state index contributed by atoms with van der Waals surface area (Å²) in [5.41, 5.74) is 0. The van der Waals surface area contributed by atoms with Gasteiger partial charge >= 0.3 is 0 Å². The Morgan fingerprint density at radius 3 is 1.40 bits per heavy atom. The maximum Gasteiger partial charge on any atom is 0.220 e. The van der Waals surface area contributed by atoms with Crippen LogP contribution in [-0.2, 0) is 23.7 Å². The summed E-state index contributed by atoms with van der Waals surface area (Å²) in [7, 11) is 0. The highest BCUT2D eigenvalue weighted by molar-refractivity contribution is 5.76. The third kappa shape index (κ3) is 28.8. The molecule has 1 amide bonds. The van der Waals surface area contributed by atoms with Crippen LogP contribution >= 0.6 is 0 Å². The monoisotopic (exact) mass is 1000 g/mol. The van der Waals surface area contributed by atoms with Gasteiger partial charge in [-0.3, -0.25) is 4.79 Å². The summed E-state index contributed by atoms with van der Waals surface area (Å²) in [6, 6.07) is -0.925. The van der Waals surface area contributed by atoms with Crippen molar-refractivity contribution in [3.63, 3.8) is 0 Å². The second-order valence-corrected chi connectivity index (χ2v) is 20.4. The molecule has 412 valence electrons. The molecule has 0 aliphatic carbocycles. The lowest BCUT2D eigenvalue weighted by atomic mass is 9.97. The lowest BCUT2D eigenvalue weighted by molar-refractivity contribution is -0.359. The highest BCUT2D eigenvalue weighted by Gasteiger charge is 2.51. The molecule has 2 heterocycles. The smallest absolute Gasteiger partial charge is 0.220 e. The fourth-order valence-corrected chi connectivity index (χ4v) is 9.48. The summed E-state index contributed by atoms with van der Waals surface area (Å²) < 4.78 is 22.7. The zero-order valence-electron chi connectivity index (χ0n) is 44.0. The van der Waals surface area contributed by atoms with Gasteiger partial charge in [0.1, 0.15) is 48.8 Å². The van der Waals surface area contributed by atoms with E-state index in [4.69, 9.17) is 18.9 Å². The standard InChI is InChI=1S/C56H105NO13/c1-3-5-7-9-11-13-14-15-16-17-18-19-20-21-22-23-24-25-26-27-28-29-30-31-32-33-35-37-39-45(60)44(57-48(61)40-38-36-34-12-10-8-6-4-2)43-67-55-53(66)51(64)54(47(42-59)69-55)70-56-52(65)50(63)49(62)46(41-58)68-56/h31-32,37,39,44-47,49-56,58-60,62-66H,3-30,33-36,38,40-43H2,1-2H3,(H,57,61)/b32-31+,39-37+. The molecule has 2 fully saturated rings. The topological polar surface area (TPSA) is 228 Å². The van der Waals surface area contributed by atoms with Crippen molar-refractivity contribution in [2.75, 3.05) is 19.8 Å². The number of aliphatic hydroxyl groups is 8. The number of ether oxygens (including phenoxy) is 4. The minimum atomic E-state index is -1.79. The molecule has 2 aliphatic heterocycles. The molecular weight excluding hydrogens is 895 g/mol. The highest BCUT2D eigenvalue weighted by Crippen LogP contribution is 2.30. The van der Waals surface area contributed by atoms with Crippen LogP contribution < -0.4 is 5.32 Å². The van der Waals surface area contributed by atoms with Crippen molar-refractivity contribution < 1.29 is 64.6 Å². The van der Waals surface area contributed by atoms with Crippen molar-refractivity contribution in [2.45, 2.75) is 306 Å². The Balaban J connectivity index is 1.69. The molecule has 2 aliphatic rings. The number of carbonyl (C=O) groups excluding carboxylic acids is 1. The first kappa shape index (κ1) is 64.6. The van der Waals surface area contributed by atoms with Crippen LogP contribution in [0.25, 0.3) is 0 Å². The van der Waals surface area contributed by atoms with E-state index in [1.807, 2.05) is 6.08 Å². The van der Waals surface area contributed by atoms with E-state index in [0.29, 0.717) is 12.8 Å². The molecule has 0 saturated carbocycles. The van der Waals surface area contributed by atoms with Crippen LogP contribution in [-0.4, -0.2) is 140 Å². The van der Waals surface area contributed by atoms with Crippen LogP contribution in [0, 0.1) is 0 Å². The third-order valence-corrected chi connectivity index (χ3v) is 14.1. The normalized spacial score (nSPS) is 26.1. The van der Waals surface area contributed by atoms with Crippen molar-refractivity contribution in [3.8, 4) is 0 Å². The number of unbranched alkanes of at least 4 members (excludes halogenated alkanes) is 30. The van der Waals surface area contributed by atoms with E-state index in [-0.39, 0.29) is 18.9 Å². The number of rotatable bonds is 45. The number of hydrogen-bond donors (Lipinski definition) is 9. The summed E-state index contributed by atoms with van der Waals surface area (Å²) in [6.07, 6.45) is 32.7. The molecule has 12 unspecified atom stereocenters. The molecule has 12 atom stereocenters. The SMILES string of the molecule is CCCCCCCCCCCCCCCCCCCCCCCC/C=C/CC/C=C/C(O)C(COC1OC(CO)C(OC2OC(CO)C(O)C(O)C2O)C(O)C1O)NC(=O)CCCCCCCCCC. The van der Waals surface area contributed by atoms with E-state index in [1.54, 1.807) is 6.08 Å². The lowest BCUT2D eigenvalue weighted by Crippen LogP contribution is -2.65. The van der Waals surface area contributed by atoms with Crippen LogP contribution in [0.4, 0.5) is 0 Å². The Morgan fingerprint density at radius 2 is 0.914 bits per heavy atom. The van der Waals surface area contributed by atoms with Crippen molar-refractivity contribution in [1.82, 2.24) is 5.32 Å². The molecular formula is C56H105NO13. The minimum absolute atomic E-state index is 0.253. The predicted octanol–water partition coefficient (Wildman–Crippen LogP) is 8.89. The third-order valence-electron chi connectivity index (χ3n) is 14.1. The first-order valence-electron chi connectivity index (χ1n) is 28.6. The van der Waals surface area contributed by atoms with E-state index in [1.165, 1.54) is 167 Å². The average molecular weight is 1000 g/mol. The van der Waals surface area contributed by atoms with Gasteiger partial charge in [-0.1, -0.05) is 218 Å². The summed E-state index contributed by atoms with van der Waals surface area (Å²) in [4.78, 5) is 13.1. The molecule has 0 spiro atoms. The van der Waals surface area contributed by atoms with Crippen LogP contribution in [0.5, 0.6) is 0 Å². The first-order chi connectivity index (χ1) is 34.1. The average Bonchev–Trinajstić information content (AvgIpc) is 3.36.